The van der Waals surface area contributed by atoms with Crippen LogP contribution >= 0.6 is 24.0 Å². The number of rotatable bonds is 5. The number of guanidine groups is 1. The van der Waals surface area contributed by atoms with Gasteiger partial charge in [-0.3, -0.25) is 0 Å². The van der Waals surface area contributed by atoms with Crippen molar-refractivity contribution in [1.29, 1.82) is 0 Å². The molecule has 0 aliphatic carbocycles. The van der Waals surface area contributed by atoms with Crippen molar-refractivity contribution in [3.8, 4) is 5.88 Å². The van der Waals surface area contributed by atoms with Crippen LogP contribution < -0.4 is 15.8 Å². The average molecular weight is 452 g/mol. The summed E-state index contributed by atoms with van der Waals surface area (Å²) < 4.78 is 41.3. The van der Waals surface area contributed by atoms with E-state index in [4.69, 9.17) is 5.73 Å². The molecule has 9 heteroatoms. The maximum absolute atomic E-state index is 12.2. The van der Waals surface area contributed by atoms with Crippen LogP contribution in [-0.4, -0.2) is 23.7 Å². The molecule has 2 aromatic rings. The largest absolute Gasteiger partial charge is 0.468 e. The Morgan fingerprint density at radius 1 is 1.17 bits per heavy atom. The number of hydrogen-bond donors (Lipinski definition) is 2. The van der Waals surface area contributed by atoms with Gasteiger partial charge in [0.25, 0.3) is 0 Å². The summed E-state index contributed by atoms with van der Waals surface area (Å²) in [7, 11) is 0. The zero-order valence-corrected chi connectivity index (χ0v) is 14.8. The third kappa shape index (κ3) is 7.02. The van der Waals surface area contributed by atoms with Gasteiger partial charge in [0.15, 0.2) is 12.6 Å². The summed E-state index contributed by atoms with van der Waals surface area (Å²) in [4.78, 5) is 7.87. The molecular weight excluding hydrogens is 436 g/mol. The number of nitrogens with zero attached hydrogens (tertiary/aromatic N) is 2. The zero-order valence-electron chi connectivity index (χ0n) is 12.5. The van der Waals surface area contributed by atoms with Crippen LogP contribution in [0, 0.1) is 0 Å². The number of halogens is 4. The number of pyridine rings is 1. The normalized spacial score (nSPS) is 11.5. The van der Waals surface area contributed by atoms with Gasteiger partial charge in [0.2, 0.25) is 5.88 Å². The predicted octanol–water partition coefficient (Wildman–Crippen LogP) is 3.57. The molecule has 2 rings (SSSR count). The van der Waals surface area contributed by atoms with Gasteiger partial charge in [-0.25, -0.2) is 9.98 Å². The molecule has 0 saturated heterocycles. The van der Waals surface area contributed by atoms with Crippen LogP contribution in [-0.2, 0) is 6.54 Å². The van der Waals surface area contributed by atoms with Gasteiger partial charge in [-0.15, -0.1) is 24.0 Å². The first kappa shape index (κ1) is 20.0. The van der Waals surface area contributed by atoms with Crippen molar-refractivity contribution < 1.29 is 17.9 Å². The molecule has 0 amide bonds. The fraction of sp³-hybridized carbons (Fsp3) is 0.200. The highest BCUT2D eigenvalue weighted by atomic mass is 127. The zero-order chi connectivity index (χ0) is 16.7. The molecular formula is C15H16F3IN4O. The highest BCUT2D eigenvalue weighted by Gasteiger charge is 2.29. The Kier molecular flexibility index (Phi) is 7.75. The van der Waals surface area contributed by atoms with E-state index >= 15 is 0 Å². The van der Waals surface area contributed by atoms with E-state index in [1.54, 1.807) is 12.1 Å². The molecule has 1 aromatic heterocycles. The quantitative estimate of drug-likeness (QED) is 0.414. The molecule has 24 heavy (non-hydrogen) atoms. The first-order chi connectivity index (χ1) is 10.9. The molecule has 3 N–H and O–H groups in total. The van der Waals surface area contributed by atoms with Gasteiger partial charge in [-0.1, -0.05) is 24.3 Å². The monoisotopic (exact) mass is 452 g/mol. The smallest absolute Gasteiger partial charge is 0.422 e. The van der Waals surface area contributed by atoms with Crippen LogP contribution in [0.2, 0.25) is 0 Å². The van der Waals surface area contributed by atoms with Gasteiger partial charge in [-0.05, 0) is 18.2 Å². The maximum atomic E-state index is 12.2. The lowest BCUT2D eigenvalue weighted by molar-refractivity contribution is -0.154. The molecule has 130 valence electrons. The second-order valence-corrected chi connectivity index (χ2v) is 4.56. The Morgan fingerprint density at radius 3 is 2.54 bits per heavy atom. The summed E-state index contributed by atoms with van der Waals surface area (Å²) in [5.41, 5.74) is 6.91. The summed E-state index contributed by atoms with van der Waals surface area (Å²) in [5, 5.41) is 2.87. The van der Waals surface area contributed by atoms with Gasteiger partial charge >= 0.3 is 6.18 Å². The van der Waals surface area contributed by atoms with E-state index in [2.05, 4.69) is 20.0 Å². The van der Waals surface area contributed by atoms with Gasteiger partial charge in [0, 0.05) is 17.4 Å². The summed E-state index contributed by atoms with van der Waals surface area (Å²) >= 11 is 0. The Bertz CT molecular complexity index is 665. The molecule has 0 radical (unpaired) electrons. The Labute approximate surface area is 154 Å². The van der Waals surface area contributed by atoms with Crippen molar-refractivity contribution in [3.63, 3.8) is 0 Å². The second kappa shape index (κ2) is 9.30. The summed E-state index contributed by atoms with van der Waals surface area (Å²) in [5.74, 6) is 0.0305. The van der Waals surface area contributed by atoms with E-state index in [9.17, 15) is 13.2 Å². The molecule has 0 aliphatic heterocycles. The Balaban J connectivity index is 0.00000288. The lowest BCUT2D eigenvalue weighted by atomic mass is 10.3. The van der Waals surface area contributed by atoms with E-state index in [0.717, 1.165) is 5.69 Å². The fourth-order valence-electron chi connectivity index (χ4n) is 1.70. The number of benzene rings is 1. The van der Waals surface area contributed by atoms with Gasteiger partial charge in [0.05, 0.1) is 6.54 Å². The van der Waals surface area contributed by atoms with Crippen LogP contribution in [0.3, 0.4) is 0 Å². The molecule has 0 spiro atoms. The van der Waals surface area contributed by atoms with Crippen molar-refractivity contribution >= 4 is 35.6 Å². The second-order valence-electron chi connectivity index (χ2n) is 4.56. The topological polar surface area (TPSA) is 72.5 Å². The minimum Gasteiger partial charge on any atom is -0.468 e. The van der Waals surface area contributed by atoms with Gasteiger partial charge < -0.3 is 15.8 Å². The Morgan fingerprint density at radius 2 is 1.88 bits per heavy atom. The van der Waals surface area contributed by atoms with Crippen LogP contribution in [0.4, 0.5) is 18.9 Å². The SMILES string of the molecule is I.NC(=NCc1cccnc1OCC(F)(F)F)Nc1ccccc1. The molecule has 0 fully saturated rings. The van der Waals surface area contributed by atoms with Crippen LogP contribution in [0.5, 0.6) is 5.88 Å². The summed E-state index contributed by atoms with van der Waals surface area (Å²) in [6, 6.07) is 12.3. The number of anilines is 1. The minimum atomic E-state index is -4.42. The number of hydrogen-bond acceptors (Lipinski definition) is 3. The molecule has 0 atom stereocenters. The molecule has 5 nitrogen and oxygen atoms in total. The van der Waals surface area contributed by atoms with E-state index in [1.165, 1.54) is 6.20 Å². The summed E-state index contributed by atoms with van der Waals surface area (Å²) in [6.07, 6.45) is -3.07. The number of nitrogens with one attached hydrogen (secondary N) is 1. The number of aliphatic imine (C=N–C) groups is 1. The number of ether oxygens (including phenoxy) is 1. The molecule has 0 bridgehead atoms. The van der Waals surface area contributed by atoms with E-state index in [0.29, 0.717) is 5.56 Å². The third-order valence-electron chi connectivity index (χ3n) is 2.69. The predicted molar refractivity (Wildman–Crippen MR) is 96.6 cm³/mol. The van der Waals surface area contributed by atoms with Gasteiger partial charge in [0.1, 0.15) is 0 Å². The van der Waals surface area contributed by atoms with Crippen molar-refractivity contribution in [1.82, 2.24) is 4.98 Å². The van der Waals surface area contributed by atoms with Crippen molar-refractivity contribution in [3.05, 3.63) is 54.2 Å². The van der Waals surface area contributed by atoms with Crippen molar-refractivity contribution in [2.45, 2.75) is 12.7 Å². The average Bonchev–Trinajstić information content (AvgIpc) is 2.52. The minimum absolute atomic E-state index is 0. The lowest BCUT2D eigenvalue weighted by Gasteiger charge is -2.11. The Hall–Kier alpha value is -2.04. The highest BCUT2D eigenvalue weighted by molar-refractivity contribution is 14.0. The van der Waals surface area contributed by atoms with Crippen LogP contribution in [0.15, 0.2) is 53.7 Å². The number of aromatic nitrogens is 1. The highest BCUT2D eigenvalue weighted by Crippen LogP contribution is 2.20. The molecule has 0 aliphatic rings. The van der Waals surface area contributed by atoms with E-state index < -0.39 is 12.8 Å². The molecule has 1 heterocycles. The maximum Gasteiger partial charge on any atom is 0.422 e. The first-order valence-corrected chi connectivity index (χ1v) is 6.69. The van der Waals surface area contributed by atoms with Crippen molar-refractivity contribution in [2.75, 3.05) is 11.9 Å². The van der Waals surface area contributed by atoms with E-state index in [1.807, 2.05) is 30.3 Å². The number of para-hydroxylation sites is 1. The van der Waals surface area contributed by atoms with E-state index in [-0.39, 0.29) is 42.4 Å². The molecule has 0 unspecified atom stereocenters. The lowest BCUT2D eigenvalue weighted by Crippen LogP contribution is -2.23. The van der Waals surface area contributed by atoms with Crippen molar-refractivity contribution in [2.24, 2.45) is 10.7 Å². The van der Waals surface area contributed by atoms with Gasteiger partial charge in [-0.2, -0.15) is 13.2 Å². The third-order valence-corrected chi connectivity index (χ3v) is 2.69. The molecule has 0 saturated carbocycles. The van der Waals surface area contributed by atoms with Crippen LogP contribution in [0.1, 0.15) is 5.56 Å². The number of alkyl halides is 3. The first-order valence-electron chi connectivity index (χ1n) is 6.69. The van der Waals surface area contributed by atoms with Crippen LogP contribution in [0.25, 0.3) is 0 Å². The number of nitrogens with two attached hydrogens (primary N) is 1. The standard InChI is InChI=1S/C15H15F3N4O.HI/c16-15(17,18)10-23-13-11(5-4-8-20-13)9-21-14(19)22-12-6-2-1-3-7-12;/h1-8H,9-10H2,(H3,19,21,22);1H. The summed E-state index contributed by atoms with van der Waals surface area (Å²) in [6.45, 7) is -1.36. The molecule has 1 aromatic carbocycles. The fourth-order valence-corrected chi connectivity index (χ4v) is 1.70.